The summed E-state index contributed by atoms with van der Waals surface area (Å²) in [6, 6.07) is 0. The van der Waals surface area contributed by atoms with Crippen LogP contribution in [0.4, 0.5) is 11.5 Å². The third-order valence-electron chi connectivity index (χ3n) is 3.60. The molecule has 3 N–H and O–H groups in total. The molecule has 4 nitrogen and oxygen atoms in total. The third kappa shape index (κ3) is 2.49. The van der Waals surface area contributed by atoms with Crippen molar-refractivity contribution in [2.24, 2.45) is 12.5 Å². The maximum Gasteiger partial charge on any atom is 0.171 e. The zero-order valence-electron chi connectivity index (χ0n) is 10.3. The van der Waals surface area contributed by atoms with E-state index in [0.29, 0.717) is 5.41 Å². The Morgan fingerprint density at radius 2 is 2.12 bits per heavy atom. The summed E-state index contributed by atoms with van der Waals surface area (Å²) in [6.07, 6.45) is 8.57. The molecule has 1 saturated carbocycles. The van der Waals surface area contributed by atoms with Crippen LogP contribution in [-0.4, -0.2) is 16.3 Å². The summed E-state index contributed by atoms with van der Waals surface area (Å²) in [7, 11) is 1.89. The lowest BCUT2D eigenvalue weighted by molar-refractivity contribution is 0.233. The molecule has 0 saturated heterocycles. The Hall–Kier alpha value is -1.19. The quantitative estimate of drug-likeness (QED) is 0.825. The van der Waals surface area contributed by atoms with Crippen molar-refractivity contribution in [3.8, 4) is 0 Å². The summed E-state index contributed by atoms with van der Waals surface area (Å²) in [4.78, 5) is 0. The Balaban J connectivity index is 1.93. The van der Waals surface area contributed by atoms with Gasteiger partial charge in [0, 0.05) is 19.8 Å². The Morgan fingerprint density at radius 1 is 1.44 bits per heavy atom. The van der Waals surface area contributed by atoms with E-state index >= 15 is 0 Å². The number of aromatic nitrogens is 2. The molecule has 2 rings (SSSR count). The van der Waals surface area contributed by atoms with Crippen LogP contribution >= 0.6 is 0 Å². The molecule has 90 valence electrons. The van der Waals surface area contributed by atoms with Gasteiger partial charge in [0.2, 0.25) is 0 Å². The molecule has 1 aromatic heterocycles. The zero-order chi connectivity index (χ0) is 11.6. The van der Waals surface area contributed by atoms with Crippen LogP contribution in [0.15, 0.2) is 6.20 Å². The lowest BCUT2D eigenvalue weighted by Crippen LogP contribution is -2.29. The van der Waals surface area contributed by atoms with Crippen molar-refractivity contribution < 1.29 is 0 Å². The molecule has 1 heterocycles. The van der Waals surface area contributed by atoms with E-state index in [1.54, 1.807) is 4.68 Å². The number of hydrogen-bond donors (Lipinski definition) is 2. The minimum absolute atomic E-state index is 0.419. The average molecular weight is 222 g/mol. The second-order valence-electron chi connectivity index (χ2n) is 5.33. The van der Waals surface area contributed by atoms with Gasteiger partial charge in [-0.3, -0.25) is 4.68 Å². The van der Waals surface area contributed by atoms with Crippen LogP contribution in [0.2, 0.25) is 0 Å². The molecule has 0 radical (unpaired) electrons. The molecule has 1 aliphatic rings. The van der Waals surface area contributed by atoms with Gasteiger partial charge in [-0.15, -0.1) is 0 Å². The van der Waals surface area contributed by atoms with Crippen LogP contribution in [0.5, 0.6) is 0 Å². The van der Waals surface area contributed by atoms with Gasteiger partial charge in [-0.1, -0.05) is 26.2 Å². The van der Waals surface area contributed by atoms with Gasteiger partial charge in [-0.05, 0) is 18.3 Å². The van der Waals surface area contributed by atoms with Crippen molar-refractivity contribution in [2.45, 2.75) is 39.0 Å². The summed E-state index contributed by atoms with van der Waals surface area (Å²) in [5.41, 5.74) is 7.01. The first-order valence-corrected chi connectivity index (χ1v) is 6.12. The van der Waals surface area contributed by atoms with Crippen molar-refractivity contribution in [1.82, 2.24) is 9.78 Å². The van der Waals surface area contributed by atoms with Gasteiger partial charge in [0.05, 0.1) is 5.69 Å². The Bertz CT molecular complexity index is 350. The van der Waals surface area contributed by atoms with Gasteiger partial charge in [0.1, 0.15) is 0 Å². The summed E-state index contributed by atoms with van der Waals surface area (Å²) in [6.45, 7) is 3.34. The van der Waals surface area contributed by atoms with Crippen LogP contribution in [0.3, 0.4) is 0 Å². The van der Waals surface area contributed by atoms with Gasteiger partial charge >= 0.3 is 0 Å². The molecule has 0 spiro atoms. The van der Waals surface area contributed by atoms with Crippen LogP contribution in [0.25, 0.3) is 0 Å². The number of hydrogen-bond acceptors (Lipinski definition) is 3. The summed E-state index contributed by atoms with van der Waals surface area (Å²) in [5.74, 6) is 0.828. The topological polar surface area (TPSA) is 55.9 Å². The molecule has 1 aromatic rings. The van der Waals surface area contributed by atoms with Crippen molar-refractivity contribution in [2.75, 3.05) is 17.6 Å². The highest BCUT2D eigenvalue weighted by Crippen LogP contribution is 2.35. The lowest BCUT2D eigenvalue weighted by Gasteiger charge is -2.33. The second-order valence-corrected chi connectivity index (χ2v) is 5.33. The predicted molar refractivity (Wildman–Crippen MR) is 67.3 cm³/mol. The average Bonchev–Trinajstić information content (AvgIpc) is 2.56. The van der Waals surface area contributed by atoms with Crippen LogP contribution in [0.1, 0.15) is 39.0 Å². The van der Waals surface area contributed by atoms with Crippen LogP contribution in [-0.2, 0) is 7.05 Å². The molecule has 16 heavy (non-hydrogen) atoms. The Morgan fingerprint density at radius 3 is 2.69 bits per heavy atom. The van der Waals surface area contributed by atoms with Gasteiger partial charge in [-0.2, -0.15) is 5.10 Å². The van der Waals surface area contributed by atoms with E-state index in [4.69, 9.17) is 5.73 Å². The summed E-state index contributed by atoms with van der Waals surface area (Å²) >= 11 is 0. The Labute approximate surface area is 97.2 Å². The van der Waals surface area contributed by atoms with E-state index in [2.05, 4.69) is 17.3 Å². The van der Waals surface area contributed by atoms with E-state index in [9.17, 15) is 0 Å². The highest BCUT2D eigenvalue weighted by molar-refractivity contribution is 5.59. The largest absolute Gasteiger partial charge is 0.394 e. The van der Waals surface area contributed by atoms with Gasteiger partial charge in [-0.25, -0.2) is 0 Å². The van der Waals surface area contributed by atoms with E-state index in [-0.39, 0.29) is 0 Å². The number of anilines is 2. The number of nitrogens with zero attached hydrogens (tertiary/aromatic N) is 2. The summed E-state index contributed by atoms with van der Waals surface area (Å²) < 4.78 is 1.75. The first-order valence-electron chi connectivity index (χ1n) is 6.12. The van der Waals surface area contributed by atoms with Crippen molar-refractivity contribution in [3.05, 3.63) is 6.20 Å². The van der Waals surface area contributed by atoms with Crippen molar-refractivity contribution >= 4 is 11.5 Å². The zero-order valence-corrected chi connectivity index (χ0v) is 10.3. The highest BCUT2D eigenvalue weighted by Gasteiger charge is 2.26. The SMILES string of the molecule is Cn1cc(N)c(NCC2(C)CCCCC2)n1. The van der Waals surface area contributed by atoms with E-state index in [1.165, 1.54) is 32.1 Å². The fraction of sp³-hybridized carbons (Fsp3) is 0.750. The standard InChI is InChI=1S/C12H22N4/c1-12(6-4-3-5-7-12)9-14-11-10(13)8-16(2)15-11/h8H,3-7,9,13H2,1-2H3,(H,14,15). The maximum atomic E-state index is 5.85. The molecule has 1 fully saturated rings. The number of aryl methyl sites for hydroxylation is 1. The second kappa shape index (κ2) is 4.36. The molecular formula is C12H22N4. The van der Waals surface area contributed by atoms with Crippen molar-refractivity contribution in [1.29, 1.82) is 0 Å². The third-order valence-corrected chi connectivity index (χ3v) is 3.60. The van der Waals surface area contributed by atoms with E-state index in [1.807, 2.05) is 13.2 Å². The van der Waals surface area contributed by atoms with E-state index in [0.717, 1.165) is 18.1 Å². The molecule has 0 bridgehead atoms. The normalized spacial score (nSPS) is 19.6. The number of rotatable bonds is 3. The smallest absolute Gasteiger partial charge is 0.171 e. The monoisotopic (exact) mass is 222 g/mol. The lowest BCUT2D eigenvalue weighted by atomic mass is 9.76. The fourth-order valence-electron chi connectivity index (χ4n) is 2.52. The van der Waals surface area contributed by atoms with Crippen molar-refractivity contribution in [3.63, 3.8) is 0 Å². The first-order chi connectivity index (χ1) is 7.59. The first kappa shape index (κ1) is 11.3. The molecule has 1 aliphatic carbocycles. The predicted octanol–water partition coefficient (Wildman–Crippen LogP) is 2.38. The number of nitrogens with one attached hydrogen (secondary N) is 1. The van der Waals surface area contributed by atoms with Crippen LogP contribution in [0, 0.1) is 5.41 Å². The molecule has 0 amide bonds. The minimum atomic E-state index is 0.419. The summed E-state index contributed by atoms with van der Waals surface area (Å²) in [5, 5.41) is 7.69. The molecule has 0 aliphatic heterocycles. The minimum Gasteiger partial charge on any atom is -0.394 e. The number of nitrogen functional groups attached to an aromatic ring is 1. The van der Waals surface area contributed by atoms with Crippen LogP contribution < -0.4 is 11.1 Å². The fourth-order valence-corrected chi connectivity index (χ4v) is 2.52. The molecular weight excluding hydrogens is 200 g/mol. The molecule has 0 aromatic carbocycles. The molecule has 0 atom stereocenters. The molecule has 0 unspecified atom stereocenters. The van der Waals surface area contributed by atoms with Gasteiger partial charge < -0.3 is 11.1 Å². The Kier molecular flexibility index (Phi) is 3.08. The van der Waals surface area contributed by atoms with Gasteiger partial charge in [0.25, 0.3) is 0 Å². The highest BCUT2D eigenvalue weighted by atomic mass is 15.3. The molecule has 4 heteroatoms. The van der Waals surface area contributed by atoms with Gasteiger partial charge in [0.15, 0.2) is 5.82 Å². The maximum absolute atomic E-state index is 5.85. The van der Waals surface area contributed by atoms with E-state index < -0.39 is 0 Å². The number of nitrogens with two attached hydrogens (primary N) is 1.